The van der Waals surface area contributed by atoms with Gasteiger partial charge in [-0.1, -0.05) is 5.16 Å². The number of ether oxygens (including phenoxy) is 2. The molecule has 3 heterocycles. The summed E-state index contributed by atoms with van der Waals surface area (Å²) in [5, 5.41) is 3.96. The SMILES string of the molecule is Cc1ncsc1-c1nc(COC2CCN(C(=O)OC(C)(C)C)CC2)no1. The van der Waals surface area contributed by atoms with Crippen molar-refractivity contribution in [3.8, 4) is 10.8 Å². The summed E-state index contributed by atoms with van der Waals surface area (Å²) < 4.78 is 16.6. The molecule has 0 atom stereocenters. The van der Waals surface area contributed by atoms with Crippen molar-refractivity contribution in [1.29, 1.82) is 0 Å². The fourth-order valence-corrected chi connectivity index (χ4v) is 3.36. The number of aryl methyl sites for hydroxylation is 1. The second-order valence-electron chi connectivity index (χ2n) is 7.26. The summed E-state index contributed by atoms with van der Waals surface area (Å²) in [5.74, 6) is 0.991. The molecular weight excluding hydrogens is 356 g/mol. The molecule has 0 N–H and O–H groups in total. The Kier molecular flexibility index (Phi) is 5.57. The number of thiazole rings is 1. The molecule has 0 saturated carbocycles. The molecule has 1 fully saturated rings. The fourth-order valence-electron chi connectivity index (χ4n) is 2.64. The predicted molar refractivity (Wildman–Crippen MR) is 95.8 cm³/mol. The van der Waals surface area contributed by atoms with E-state index in [0.717, 1.165) is 23.4 Å². The van der Waals surface area contributed by atoms with E-state index < -0.39 is 5.60 Å². The first kappa shape index (κ1) is 18.8. The van der Waals surface area contributed by atoms with Crippen LogP contribution in [0, 0.1) is 6.92 Å². The zero-order valence-electron chi connectivity index (χ0n) is 15.5. The van der Waals surface area contributed by atoms with Gasteiger partial charge in [-0.05, 0) is 40.5 Å². The van der Waals surface area contributed by atoms with Gasteiger partial charge >= 0.3 is 6.09 Å². The average molecular weight is 380 g/mol. The lowest BCUT2D eigenvalue weighted by atomic mass is 10.1. The maximum Gasteiger partial charge on any atom is 0.410 e. The Hall–Kier alpha value is -2.00. The second-order valence-corrected chi connectivity index (χ2v) is 8.12. The molecule has 0 aromatic carbocycles. The standard InChI is InChI=1S/C17H24N4O4S/c1-11-14(26-10-18-11)15-19-13(20-25-15)9-23-12-5-7-21(8-6-12)16(22)24-17(2,3)4/h10,12H,5-9H2,1-4H3. The van der Waals surface area contributed by atoms with Gasteiger partial charge in [0.15, 0.2) is 5.82 Å². The quantitative estimate of drug-likeness (QED) is 0.802. The number of rotatable bonds is 4. The molecule has 0 spiro atoms. The lowest BCUT2D eigenvalue weighted by Gasteiger charge is -2.33. The van der Waals surface area contributed by atoms with Crippen LogP contribution < -0.4 is 0 Å². The zero-order valence-corrected chi connectivity index (χ0v) is 16.3. The van der Waals surface area contributed by atoms with Crippen LogP contribution in [-0.2, 0) is 16.1 Å². The van der Waals surface area contributed by atoms with Gasteiger partial charge in [0, 0.05) is 13.1 Å². The molecule has 0 aliphatic carbocycles. The second kappa shape index (κ2) is 7.71. The van der Waals surface area contributed by atoms with Gasteiger partial charge in [0.25, 0.3) is 5.89 Å². The number of carbonyl (C=O) groups is 1. The summed E-state index contributed by atoms with van der Waals surface area (Å²) in [7, 11) is 0. The van der Waals surface area contributed by atoms with Gasteiger partial charge in [-0.2, -0.15) is 4.98 Å². The van der Waals surface area contributed by atoms with Crippen LogP contribution >= 0.6 is 11.3 Å². The van der Waals surface area contributed by atoms with Crippen LogP contribution in [-0.4, -0.2) is 50.9 Å². The van der Waals surface area contributed by atoms with Gasteiger partial charge in [0.05, 0.1) is 17.3 Å². The first-order chi connectivity index (χ1) is 12.3. The summed E-state index contributed by atoms with van der Waals surface area (Å²) >= 11 is 1.47. The van der Waals surface area contributed by atoms with Crippen molar-refractivity contribution >= 4 is 17.4 Å². The Morgan fingerprint density at radius 1 is 1.38 bits per heavy atom. The highest BCUT2D eigenvalue weighted by Gasteiger charge is 2.27. The maximum absolute atomic E-state index is 12.1. The highest BCUT2D eigenvalue weighted by atomic mass is 32.1. The van der Waals surface area contributed by atoms with E-state index in [0.29, 0.717) is 31.4 Å². The lowest BCUT2D eigenvalue weighted by Crippen LogP contribution is -2.43. The van der Waals surface area contributed by atoms with Crippen molar-refractivity contribution in [3.63, 3.8) is 0 Å². The molecule has 8 nitrogen and oxygen atoms in total. The molecule has 2 aromatic heterocycles. The van der Waals surface area contributed by atoms with Gasteiger partial charge in [-0.25, -0.2) is 9.78 Å². The van der Waals surface area contributed by atoms with E-state index in [4.69, 9.17) is 14.0 Å². The van der Waals surface area contributed by atoms with Gasteiger partial charge in [-0.15, -0.1) is 11.3 Å². The summed E-state index contributed by atoms with van der Waals surface area (Å²) in [4.78, 5) is 23.2. The highest BCUT2D eigenvalue weighted by Crippen LogP contribution is 2.25. The first-order valence-electron chi connectivity index (χ1n) is 8.64. The number of piperidine rings is 1. The van der Waals surface area contributed by atoms with Crippen molar-refractivity contribution in [2.45, 2.75) is 58.8 Å². The molecule has 0 bridgehead atoms. The molecule has 1 aliphatic rings. The minimum atomic E-state index is -0.475. The van der Waals surface area contributed by atoms with Crippen molar-refractivity contribution in [3.05, 3.63) is 17.0 Å². The van der Waals surface area contributed by atoms with Crippen LogP contribution in [0.4, 0.5) is 4.79 Å². The Balaban J connectivity index is 1.45. The highest BCUT2D eigenvalue weighted by molar-refractivity contribution is 7.13. The van der Waals surface area contributed by atoms with Crippen LogP contribution in [0.25, 0.3) is 10.8 Å². The molecular formula is C17H24N4O4S. The molecule has 9 heteroatoms. The van der Waals surface area contributed by atoms with Crippen LogP contribution in [0.1, 0.15) is 45.1 Å². The van der Waals surface area contributed by atoms with Crippen molar-refractivity contribution < 1.29 is 18.8 Å². The Bertz CT molecular complexity index is 744. The molecule has 0 unspecified atom stereocenters. The Morgan fingerprint density at radius 2 is 2.12 bits per heavy atom. The molecule has 2 aromatic rings. The third kappa shape index (κ3) is 4.79. The van der Waals surface area contributed by atoms with E-state index in [2.05, 4.69) is 15.1 Å². The molecule has 1 saturated heterocycles. The van der Waals surface area contributed by atoms with Gasteiger partial charge < -0.3 is 18.9 Å². The van der Waals surface area contributed by atoms with Crippen molar-refractivity contribution in [2.75, 3.05) is 13.1 Å². The van der Waals surface area contributed by atoms with E-state index in [9.17, 15) is 4.79 Å². The fraction of sp³-hybridized carbons (Fsp3) is 0.647. The summed E-state index contributed by atoms with van der Waals surface area (Å²) in [6.45, 7) is 9.05. The largest absolute Gasteiger partial charge is 0.444 e. The lowest BCUT2D eigenvalue weighted by molar-refractivity contribution is -0.0190. The monoisotopic (exact) mass is 380 g/mol. The van der Waals surface area contributed by atoms with E-state index in [1.807, 2.05) is 27.7 Å². The van der Waals surface area contributed by atoms with Crippen LogP contribution in [0.3, 0.4) is 0 Å². The summed E-state index contributed by atoms with van der Waals surface area (Å²) in [6.07, 6.45) is 1.33. The maximum atomic E-state index is 12.1. The van der Waals surface area contributed by atoms with Gasteiger partial charge in [0.2, 0.25) is 0 Å². The van der Waals surface area contributed by atoms with Crippen LogP contribution in [0.5, 0.6) is 0 Å². The third-order valence-electron chi connectivity index (χ3n) is 3.95. The van der Waals surface area contributed by atoms with E-state index in [-0.39, 0.29) is 12.2 Å². The van der Waals surface area contributed by atoms with E-state index >= 15 is 0 Å². The normalized spacial score (nSPS) is 16.1. The first-order valence-corrected chi connectivity index (χ1v) is 9.52. The molecule has 26 heavy (non-hydrogen) atoms. The zero-order chi connectivity index (χ0) is 18.7. The third-order valence-corrected chi connectivity index (χ3v) is 4.87. The predicted octanol–water partition coefficient (Wildman–Crippen LogP) is 3.42. The Morgan fingerprint density at radius 3 is 2.73 bits per heavy atom. The van der Waals surface area contributed by atoms with Gasteiger partial charge in [-0.3, -0.25) is 0 Å². The molecule has 0 radical (unpaired) electrons. The smallest absolute Gasteiger partial charge is 0.410 e. The minimum Gasteiger partial charge on any atom is -0.444 e. The van der Waals surface area contributed by atoms with Crippen LogP contribution in [0.15, 0.2) is 10.0 Å². The van der Waals surface area contributed by atoms with Crippen molar-refractivity contribution in [1.82, 2.24) is 20.0 Å². The van der Waals surface area contributed by atoms with E-state index in [1.165, 1.54) is 11.3 Å². The number of carbonyl (C=O) groups excluding carboxylic acids is 1. The topological polar surface area (TPSA) is 90.6 Å². The summed E-state index contributed by atoms with van der Waals surface area (Å²) in [6, 6.07) is 0. The number of likely N-dealkylation sites (tertiary alicyclic amines) is 1. The van der Waals surface area contributed by atoms with Crippen molar-refractivity contribution in [2.24, 2.45) is 0 Å². The minimum absolute atomic E-state index is 0.0702. The average Bonchev–Trinajstić information content (AvgIpc) is 3.20. The van der Waals surface area contributed by atoms with Crippen LogP contribution in [0.2, 0.25) is 0 Å². The molecule has 1 amide bonds. The summed E-state index contributed by atoms with van der Waals surface area (Å²) in [5.41, 5.74) is 2.15. The number of amides is 1. The number of nitrogens with zero attached hydrogens (tertiary/aromatic N) is 4. The Labute approximate surface area is 156 Å². The molecule has 142 valence electrons. The van der Waals surface area contributed by atoms with Gasteiger partial charge in [0.1, 0.15) is 17.1 Å². The number of hydrogen-bond acceptors (Lipinski definition) is 8. The molecule has 1 aliphatic heterocycles. The van der Waals surface area contributed by atoms with E-state index in [1.54, 1.807) is 10.4 Å². The number of hydrogen-bond donors (Lipinski definition) is 0. The number of aromatic nitrogens is 3. The molecule has 3 rings (SSSR count).